The highest BCUT2D eigenvalue weighted by atomic mass is 35.5. The first-order valence-corrected chi connectivity index (χ1v) is 7.24. The Labute approximate surface area is 145 Å². The van der Waals surface area contributed by atoms with Crippen LogP contribution in [0.3, 0.4) is 0 Å². The number of benzene rings is 2. The molecular formula is C17H11ClF3NO3. The van der Waals surface area contributed by atoms with Crippen LogP contribution in [0.1, 0.15) is 21.5 Å². The van der Waals surface area contributed by atoms with Crippen LogP contribution in [0, 0.1) is 0 Å². The average molecular weight is 370 g/mol. The Bertz CT molecular complexity index is 833. The molecule has 0 atom stereocenters. The highest BCUT2D eigenvalue weighted by molar-refractivity contribution is 6.31. The van der Waals surface area contributed by atoms with Gasteiger partial charge in [0, 0.05) is 5.56 Å². The fourth-order valence-corrected chi connectivity index (χ4v) is 2.18. The lowest BCUT2D eigenvalue weighted by Gasteiger charge is -2.10. The Balaban J connectivity index is 2.35. The molecule has 0 aliphatic carbocycles. The molecule has 2 aromatic carbocycles. The summed E-state index contributed by atoms with van der Waals surface area (Å²) in [5.41, 5.74) is -1.52. The van der Waals surface area contributed by atoms with E-state index in [0.717, 1.165) is 12.1 Å². The second-order valence-electron chi connectivity index (χ2n) is 4.92. The number of hydrogen-bond acceptors (Lipinski definition) is 2. The number of carbonyl (C=O) groups is 2. The zero-order valence-corrected chi connectivity index (χ0v) is 13.2. The van der Waals surface area contributed by atoms with Gasteiger partial charge < -0.3 is 10.4 Å². The van der Waals surface area contributed by atoms with Crippen LogP contribution in [0.2, 0.25) is 5.02 Å². The van der Waals surface area contributed by atoms with Gasteiger partial charge in [-0.05, 0) is 35.9 Å². The smallest absolute Gasteiger partial charge is 0.417 e. The van der Waals surface area contributed by atoms with Gasteiger partial charge in [-0.1, -0.05) is 35.9 Å². The van der Waals surface area contributed by atoms with Crippen molar-refractivity contribution in [2.75, 3.05) is 0 Å². The molecule has 0 aromatic heterocycles. The van der Waals surface area contributed by atoms with E-state index in [9.17, 15) is 27.9 Å². The van der Waals surface area contributed by atoms with E-state index in [0.29, 0.717) is 6.07 Å². The Hall–Kier alpha value is -2.80. The van der Waals surface area contributed by atoms with Gasteiger partial charge in [0.05, 0.1) is 10.6 Å². The van der Waals surface area contributed by atoms with E-state index in [1.165, 1.54) is 18.2 Å². The maximum absolute atomic E-state index is 12.9. The molecular weight excluding hydrogens is 359 g/mol. The zero-order chi connectivity index (χ0) is 18.6. The Morgan fingerprint density at radius 1 is 1.08 bits per heavy atom. The number of halogens is 4. The second-order valence-corrected chi connectivity index (χ2v) is 5.33. The second kappa shape index (κ2) is 7.40. The van der Waals surface area contributed by atoms with E-state index in [1.807, 2.05) is 0 Å². The van der Waals surface area contributed by atoms with Crippen LogP contribution in [-0.4, -0.2) is 17.0 Å². The average Bonchev–Trinajstić information content (AvgIpc) is 2.55. The van der Waals surface area contributed by atoms with Gasteiger partial charge in [0.1, 0.15) is 5.70 Å². The van der Waals surface area contributed by atoms with E-state index in [4.69, 9.17) is 11.6 Å². The molecule has 0 aliphatic heterocycles. The number of aliphatic carboxylic acids is 1. The summed E-state index contributed by atoms with van der Waals surface area (Å²) in [6.45, 7) is 0. The Morgan fingerprint density at radius 3 is 2.28 bits per heavy atom. The lowest BCUT2D eigenvalue weighted by molar-refractivity contribution is -0.137. The van der Waals surface area contributed by atoms with Crippen LogP contribution < -0.4 is 5.32 Å². The molecule has 0 unspecified atom stereocenters. The zero-order valence-electron chi connectivity index (χ0n) is 12.5. The highest BCUT2D eigenvalue weighted by Gasteiger charge is 2.33. The van der Waals surface area contributed by atoms with Crippen LogP contribution in [0.5, 0.6) is 0 Å². The molecule has 0 spiro atoms. The maximum Gasteiger partial charge on any atom is 0.417 e. The van der Waals surface area contributed by atoms with Gasteiger partial charge in [0.2, 0.25) is 0 Å². The third-order valence-electron chi connectivity index (χ3n) is 3.12. The Morgan fingerprint density at radius 2 is 1.72 bits per heavy atom. The molecule has 0 saturated carbocycles. The number of hydrogen-bond donors (Lipinski definition) is 2. The minimum absolute atomic E-state index is 0.0671. The normalized spacial score (nSPS) is 11.9. The number of carboxylic acids is 1. The molecule has 0 heterocycles. The van der Waals surface area contributed by atoms with Gasteiger partial charge in [-0.15, -0.1) is 0 Å². The van der Waals surface area contributed by atoms with Crippen LogP contribution in [0.15, 0.2) is 54.2 Å². The molecule has 2 aromatic rings. The molecule has 1 amide bonds. The SMILES string of the molecule is O=C(O)C(=Cc1ccc(Cl)c(C(F)(F)F)c1)NC(=O)c1ccccc1. The van der Waals surface area contributed by atoms with Crippen LogP contribution in [0.25, 0.3) is 6.08 Å². The Kier molecular flexibility index (Phi) is 5.48. The summed E-state index contributed by atoms with van der Waals surface area (Å²) < 4.78 is 38.6. The third kappa shape index (κ3) is 4.84. The number of carbonyl (C=O) groups excluding carboxylic acids is 1. The van der Waals surface area contributed by atoms with E-state index in [-0.39, 0.29) is 11.1 Å². The number of nitrogens with one attached hydrogen (secondary N) is 1. The van der Waals surface area contributed by atoms with Gasteiger partial charge in [-0.3, -0.25) is 4.79 Å². The van der Waals surface area contributed by atoms with Crippen molar-refractivity contribution in [2.45, 2.75) is 6.18 Å². The molecule has 0 bridgehead atoms. The largest absolute Gasteiger partial charge is 0.477 e. The fourth-order valence-electron chi connectivity index (χ4n) is 1.95. The van der Waals surface area contributed by atoms with Crippen LogP contribution >= 0.6 is 11.6 Å². The summed E-state index contributed by atoms with van der Waals surface area (Å²) in [7, 11) is 0. The standard InChI is InChI=1S/C17H11ClF3NO3/c18-13-7-6-10(8-12(13)17(19,20)21)9-14(16(24)25)22-15(23)11-4-2-1-3-5-11/h1-9H,(H,22,23)(H,24,25). The molecule has 2 N–H and O–H groups in total. The summed E-state index contributed by atoms with van der Waals surface area (Å²) in [5.74, 6) is -2.19. The lowest BCUT2D eigenvalue weighted by Crippen LogP contribution is -2.27. The van der Waals surface area contributed by atoms with Crippen molar-refractivity contribution in [3.05, 3.63) is 75.9 Å². The molecule has 8 heteroatoms. The fraction of sp³-hybridized carbons (Fsp3) is 0.0588. The molecule has 0 radical (unpaired) electrons. The first kappa shape index (κ1) is 18.5. The van der Waals surface area contributed by atoms with Crippen molar-refractivity contribution in [3.8, 4) is 0 Å². The van der Waals surface area contributed by atoms with Crippen LogP contribution in [-0.2, 0) is 11.0 Å². The van der Waals surface area contributed by atoms with Gasteiger partial charge in [-0.2, -0.15) is 13.2 Å². The first-order valence-electron chi connectivity index (χ1n) is 6.86. The van der Waals surface area contributed by atoms with Crippen molar-refractivity contribution >= 4 is 29.6 Å². The molecule has 25 heavy (non-hydrogen) atoms. The van der Waals surface area contributed by atoms with Crippen LogP contribution in [0.4, 0.5) is 13.2 Å². The molecule has 0 saturated heterocycles. The maximum atomic E-state index is 12.9. The summed E-state index contributed by atoms with van der Waals surface area (Å²) in [6, 6.07) is 10.7. The number of rotatable bonds is 4. The van der Waals surface area contributed by atoms with E-state index in [2.05, 4.69) is 5.32 Å². The van der Waals surface area contributed by atoms with Crippen molar-refractivity contribution in [3.63, 3.8) is 0 Å². The van der Waals surface area contributed by atoms with E-state index >= 15 is 0 Å². The minimum atomic E-state index is -4.68. The summed E-state index contributed by atoms with van der Waals surface area (Å²) in [6.07, 6.45) is -3.76. The molecule has 0 aliphatic rings. The van der Waals surface area contributed by atoms with E-state index < -0.39 is 34.3 Å². The van der Waals surface area contributed by atoms with Gasteiger partial charge in [0.15, 0.2) is 0 Å². The highest BCUT2D eigenvalue weighted by Crippen LogP contribution is 2.35. The van der Waals surface area contributed by atoms with Crippen molar-refractivity contribution in [1.82, 2.24) is 5.32 Å². The summed E-state index contributed by atoms with van der Waals surface area (Å²) >= 11 is 5.52. The summed E-state index contributed by atoms with van der Waals surface area (Å²) in [4.78, 5) is 23.3. The van der Waals surface area contributed by atoms with Crippen molar-refractivity contribution < 1.29 is 27.9 Å². The predicted octanol–water partition coefficient (Wildman–Crippen LogP) is 4.21. The van der Waals surface area contributed by atoms with Gasteiger partial charge in [-0.25, -0.2) is 4.79 Å². The number of carboxylic acid groups (broad SMARTS) is 1. The van der Waals surface area contributed by atoms with Gasteiger partial charge >= 0.3 is 12.1 Å². The lowest BCUT2D eigenvalue weighted by atomic mass is 10.1. The quantitative estimate of drug-likeness (QED) is 0.793. The molecule has 130 valence electrons. The minimum Gasteiger partial charge on any atom is -0.477 e. The first-order chi connectivity index (χ1) is 11.7. The van der Waals surface area contributed by atoms with Crippen molar-refractivity contribution in [1.29, 1.82) is 0 Å². The number of amides is 1. The monoisotopic (exact) mass is 369 g/mol. The number of alkyl halides is 3. The topological polar surface area (TPSA) is 66.4 Å². The summed E-state index contributed by atoms with van der Waals surface area (Å²) in [5, 5.41) is 10.8. The van der Waals surface area contributed by atoms with Gasteiger partial charge in [0.25, 0.3) is 5.91 Å². The van der Waals surface area contributed by atoms with Crippen molar-refractivity contribution in [2.24, 2.45) is 0 Å². The molecule has 0 fully saturated rings. The van der Waals surface area contributed by atoms with E-state index in [1.54, 1.807) is 18.2 Å². The predicted molar refractivity (Wildman–Crippen MR) is 86.0 cm³/mol. The molecule has 2 rings (SSSR count). The third-order valence-corrected chi connectivity index (χ3v) is 3.45. The molecule has 4 nitrogen and oxygen atoms in total.